The fourth-order valence-electron chi connectivity index (χ4n) is 1.52. The Kier molecular flexibility index (Phi) is 3.21. The molecule has 66 valence electrons. The highest BCUT2D eigenvalue weighted by Gasteiger charge is 2.04. The van der Waals surface area contributed by atoms with Crippen molar-refractivity contribution in [3.63, 3.8) is 0 Å². The summed E-state index contributed by atoms with van der Waals surface area (Å²) in [4.78, 5) is 0. The van der Waals surface area contributed by atoms with Gasteiger partial charge in [0.15, 0.2) is 0 Å². The Morgan fingerprint density at radius 3 is 2.25 bits per heavy atom. The van der Waals surface area contributed by atoms with E-state index in [0.29, 0.717) is 0 Å². The fourth-order valence-corrected chi connectivity index (χ4v) is 1.77. The van der Waals surface area contributed by atoms with E-state index in [2.05, 4.69) is 45.5 Å². The van der Waals surface area contributed by atoms with Gasteiger partial charge in [0.25, 0.3) is 0 Å². The average molecular weight is 181 g/mol. The summed E-state index contributed by atoms with van der Waals surface area (Å²) in [7, 11) is 0. The summed E-state index contributed by atoms with van der Waals surface area (Å²) in [6.07, 6.45) is 1.14. The van der Waals surface area contributed by atoms with Crippen LogP contribution in [0.5, 0.6) is 0 Å². The minimum Gasteiger partial charge on any atom is -0.0588 e. The van der Waals surface area contributed by atoms with Crippen LogP contribution in [0.1, 0.15) is 22.3 Å². The maximum Gasteiger partial charge on any atom is 0.107 e. The zero-order chi connectivity index (χ0) is 9.14. The van der Waals surface area contributed by atoms with Crippen molar-refractivity contribution >= 4 is 12.6 Å². The minimum atomic E-state index is 1.05. The second kappa shape index (κ2) is 3.99. The summed E-state index contributed by atoms with van der Waals surface area (Å²) in [5.74, 6) is 1.05. The monoisotopic (exact) mass is 181 g/mol. The van der Waals surface area contributed by atoms with Crippen molar-refractivity contribution < 1.29 is 0 Å². The van der Waals surface area contributed by atoms with Gasteiger partial charge in [-0.05, 0) is 55.7 Å². The molecule has 0 bridgehead atoms. The third kappa shape index (κ3) is 1.84. The standard InChI is InChI=1S/C11H16S/c1-8-4-5-9(2)11(6-7-12)10(8)3/h4-5,12H,6-7H2,1-3H3/p+1. The Hall–Kier alpha value is -0.430. The molecule has 12 heavy (non-hydrogen) atoms. The van der Waals surface area contributed by atoms with Crippen LogP contribution < -0.4 is 0 Å². The molecule has 0 aliphatic carbocycles. The summed E-state index contributed by atoms with van der Waals surface area (Å²) < 4.78 is 0. The van der Waals surface area contributed by atoms with Gasteiger partial charge in [-0.1, -0.05) is 12.1 Å². The molecule has 0 nitrogen and oxygen atoms in total. The summed E-state index contributed by atoms with van der Waals surface area (Å²) in [6, 6.07) is 4.40. The predicted molar refractivity (Wildman–Crippen MR) is 59.4 cm³/mol. The molecule has 0 aliphatic rings. The second-order valence-electron chi connectivity index (χ2n) is 3.30. The highest BCUT2D eigenvalue weighted by atomic mass is 32.1. The molecule has 1 aromatic carbocycles. The molecule has 0 spiro atoms. The smallest absolute Gasteiger partial charge is 0.0588 e. The van der Waals surface area contributed by atoms with Crippen LogP contribution in [0.25, 0.3) is 0 Å². The number of hydrogen-bond acceptors (Lipinski definition) is 0. The van der Waals surface area contributed by atoms with Gasteiger partial charge in [-0.2, -0.15) is 0 Å². The van der Waals surface area contributed by atoms with Gasteiger partial charge in [0.1, 0.15) is 5.75 Å². The molecule has 0 unspecified atom stereocenters. The molecule has 0 fully saturated rings. The van der Waals surface area contributed by atoms with E-state index < -0.39 is 0 Å². The van der Waals surface area contributed by atoms with E-state index in [1.807, 2.05) is 0 Å². The Morgan fingerprint density at radius 1 is 1.08 bits per heavy atom. The maximum atomic E-state index is 3.52. The lowest BCUT2D eigenvalue weighted by Gasteiger charge is -2.09. The molecule has 0 aliphatic heterocycles. The molecule has 0 aromatic heterocycles. The zero-order valence-electron chi connectivity index (χ0n) is 8.07. The predicted octanol–water partition coefficient (Wildman–Crippen LogP) is 2.17. The van der Waals surface area contributed by atoms with E-state index in [-0.39, 0.29) is 0 Å². The number of benzene rings is 1. The van der Waals surface area contributed by atoms with Crippen molar-refractivity contribution in [2.24, 2.45) is 0 Å². The molecular formula is C11H17S+. The van der Waals surface area contributed by atoms with Crippen LogP contribution in [-0.2, 0) is 19.0 Å². The molecule has 0 saturated heterocycles. The van der Waals surface area contributed by atoms with Crippen LogP contribution in [0.15, 0.2) is 12.1 Å². The van der Waals surface area contributed by atoms with E-state index in [0.717, 1.165) is 12.2 Å². The molecule has 0 N–H and O–H groups in total. The van der Waals surface area contributed by atoms with Crippen molar-refractivity contribution in [1.29, 1.82) is 0 Å². The first-order valence-electron chi connectivity index (χ1n) is 4.37. The van der Waals surface area contributed by atoms with Gasteiger partial charge in [-0.15, -0.1) is 0 Å². The SMILES string of the molecule is Cc1ccc(C)c(CC[SH2+])c1C. The maximum absolute atomic E-state index is 3.52. The van der Waals surface area contributed by atoms with E-state index in [1.54, 1.807) is 0 Å². The van der Waals surface area contributed by atoms with Crippen LogP contribution >= 0.6 is 0 Å². The lowest BCUT2D eigenvalue weighted by atomic mass is 9.97. The molecule has 0 saturated carbocycles. The quantitative estimate of drug-likeness (QED) is 0.613. The number of hydrogen-bond donors (Lipinski definition) is 0. The lowest BCUT2D eigenvalue weighted by molar-refractivity contribution is 1.08. The minimum absolute atomic E-state index is 1.05. The number of aryl methyl sites for hydroxylation is 2. The van der Waals surface area contributed by atoms with Crippen LogP contribution in [-0.4, -0.2) is 5.75 Å². The molecule has 0 heterocycles. The molecule has 0 radical (unpaired) electrons. The highest BCUT2D eigenvalue weighted by Crippen LogP contribution is 2.17. The van der Waals surface area contributed by atoms with Crippen LogP contribution in [0.4, 0.5) is 0 Å². The van der Waals surface area contributed by atoms with Crippen LogP contribution in [0.3, 0.4) is 0 Å². The first kappa shape index (κ1) is 9.66. The molecule has 1 rings (SSSR count). The summed E-state index contributed by atoms with van der Waals surface area (Å²) in [6.45, 7) is 6.56. The Balaban J connectivity index is 3.14. The van der Waals surface area contributed by atoms with Crippen molar-refractivity contribution in [3.8, 4) is 0 Å². The van der Waals surface area contributed by atoms with Gasteiger partial charge in [0, 0.05) is 6.42 Å². The first-order chi connectivity index (χ1) is 5.66. The van der Waals surface area contributed by atoms with E-state index in [4.69, 9.17) is 0 Å². The Morgan fingerprint density at radius 2 is 1.67 bits per heavy atom. The Bertz CT molecular complexity index is 277. The topological polar surface area (TPSA) is 0 Å². The van der Waals surface area contributed by atoms with Gasteiger partial charge < -0.3 is 0 Å². The normalized spacial score (nSPS) is 10.3. The van der Waals surface area contributed by atoms with Gasteiger partial charge in [0.05, 0.1) is 0 Å². The Labute approximate surface area is 80.4 Å². The van der Waals surface area contributed by atoms with Crippen molar-refractivity contribution in [2.75, 3.05) is 5.75 Å². The van der Waals surface area contributed by atoms with Gasteiger partial charge in [0.2, 0.25) is 0 Å². The van der Waals surface area contributed by atoms with E-state index in [9.17, 15) is 0 Å². The van der Waals surface area contributed by atoms with E-state index in [1.165, 1.54) is 22.3 Å². The third-order valence-electron chi connectivity index (χ3n) is 2.48. The lowest BCUT2D eigenvalue weighted by Crippen LogP contribution is -1.98. The van der Waals surface area contributed by atoms with Gasteiger partial charge >= 0.3 is 0 Å². The average Bonchev–Trinajstić information content (AvgIpc) is 2.06. The van der Waals surface area contributed by atoms with E-state index >= 15 is 0 Å². The van der Waals surface area contributed by atoms with Gasteiger partial charge in [-0.25, -0.2) is 0 Å². The zero-order valence-corrected chi connectivity index (χ0v) is 9.07. The molecule has 0 amide bonds. The molecule has 1 aromatic rings. The highest BCUT2D eigenvalue weighted by molar-refractivity contribution is 7.58. The van der Waals surface area contributed by atoms with Crippen molar-refractivity contribution in [3.05, 3.63) is 34.4 Å². The van der Waals surface area contributed by atoms with Gasteiger partial charge in [-0.3, -0.25) is 0 Å². The largest absolute Gasteiger partial charge is 0.107 e. The molecular weight excluding hydrogens is 164 g/mol. The van der Waals surface area contributed by atoms with Crippen molar-refractivity contribution in [2.45, 2.75) is 27.2 Å². The number of rotatable bonds is 2. The third-order valence-corrected chi connectivity index (χ3v) is 2.73. The molecule has 1 heteroatoms. The summed E-state index contributed by atoms with van der Waals surface area (Å²) >= 11 is 3.52. The molecule has 0 atom stereocenters. The second-order valence-corrected chi connectivity index (χ2v) is 3.80. The van der Waals surface area contributed by atoms with Crippen molar-refractivity contribution in [1.82, 2.24) is 0 Å². The first-order valence-corrected chi connectivity index (χ1v) is 5.07. The van der Waals surface area contributed by atoms with Crippen LogP contribution in [0, 0.1) is 20.8 Å². The summed E-state index contributed by atoms with van der Waals surface area (Å²) in [5, 5.41) is 0. The fraction of sp³-hybridized carbons (Fsp3) is 0.455. The summed E-state index contributed by atoms with van der Waals surface area (Å²) in [5.41, 5.74) is 5.77. The van der Waals surface area contributed by atoms with Crippen LogP contribution in [0.2, 0.25) is 0 Å².